The summed E-state index contributed by atoms with van der Waals surface area (Å²) in [6.07, 6.45) is 0.699. The molecule has 4 rings (SSSR count). The molecular weight excluding hydrogens is 490 g/mol. The van der Waals surface area contributed by atoms with E-state index in [9.17, 15) is 14.7 Å². The summed E-state index contributed by atoms with van der Waals surface area (Å²) < 4.78 is 1.53. The highest BCUT2D eigenvalue weighted by Crippen LogP contribution is 2.29. The maximum atomic E-state index is 14.0. The first-order chi connectivity index (χ1) is 17.7. The fraction of sp³-hybridized carbons (Fsp3) is 0.286. The van der Waals surface area contributed by atoms with Gasteiger partial charge in [0.2, 0.25) is 11.8 Å². The second-order valence-corrected chi connectivity index (χ2v) is 9.98. The Labute approximate surface area is 220 Å². The number of phenols is 1. The number of phenolic OH excluding ortho intramolecular Hbond substituents is 1. The highest BCUT2D eigenvalue weighted by molar-refractivity contribution is 6.31. The molecule has 0 saturated heterocycles. The Bertz CT molecular complexity index is 1400. The Balaban J connectivity index is 1.78. The average molecular weight is 520 g/mol. The molecule has 0 fully saturated rings. The predicted molar refractivity (Wildman–Crippen MR) is 143 cm³/mol. The standard InChI is InChI=1S/C28H30ClN5O3/c1-4-28(2,3)30-27(37)26(19-13-15-21(35)16-14-19)33(17-20-9-5-6-10-22(20)29)25(36)18-34-24-12-8-7-11-23(24)31-32-34/h5-16,26,35H,4,17-18H2,1-3H3,(H,30,37)/t26-/m1/s1. The zero-order chi connectivity index (χ0) is 26.6. The predicted octanol–water partition coefficient (Wildman–Crippen LogP) is 4.87. The van der Waals surface area contributed by atoms with Crippen molar-refractivity contribution in [3.8, 4) is 5.75 Å². The van der Waals surface area contributed by atoms with E-state index in [2.05, 4.69) is 15.6 Å². The quantitative estimate of drug-likeness (QED) is 0.329. The largest absolute Gasteiger partial charge is 0.508 e. The van der Waals surface area contributed by atoms with E-state index < -0.39 is 11.6 Å². The minimum Gasteiger partial charge on any atom is -0.508 e. The number of fused-ring (bicyclic) bond motifs is 1. The van der Waals surface area contributed by atoms with Gasteiger partial charge < -0.3 is 15.3 Å². The molecule has 2 amide bonds. The number of para-hydroxylation sites is 1. The van der Waals surface area contributed by atoms with Crippen LogP contribution in [0.15, 0.2) is 72.8 Å². The topological polar surface area (TPSA) is 100 Å². The highest BCUT2D eigenvalue weighted by atomic mass is 35.5. The van der Waals surface area contributed by atoms with Gasteiger partial charge in [-0.1, -0.05) is 66.2 Å². The number of aromatic nitrogens is 3. The molecule has 0 aliphatic carbocycles. The molecule has 0 aliphatic rings. The molecule has 1 aromatic heterocycles. The molecule has 4 aromatic rings. The Hall–Kier alpha value is -3.91. The lowest BCUT2D eigenvalue weighted by Crippen LogP contribution is -2.50. The van der Waals surface area contributed by atoms with Crippen LogP contribution in [0.25, 0.3) is 11.0 Å². The number of hydrogen-bond donors (Lipinski definition) is 2. The molecule has 8 nitrogen and oxygen atoms in total. The van der Waals surface area contributed by atoms with Crippen molar-refractivity contribution in [1.82, 2.24) is 25.2 Å². The maximum Gasteiger partial charge on any atom is 0.247 e. The van der Waals surface area contributed by atoms with Gasteiger partial charge in [-0.15, -0.1) is 5.10 Å². The number of rotatable bonds is 9. The van der Waals surface area contributed by atoms with Crippen LogP contribution in [0.1, 0.15) is 44.4 Å². The van der Waals surface area contributed by atoms with Gasteiger partial charge in [0.05, 0.1) is 5.52 Å². The number of amides is 2. The third-order valence-electron chi connectivity index (χ3n) is 6.44. The SMILES string of the molecule is CCC(C)(C)NC(=O)[C@@H](c1ccc(O)cc1)N(Cc1ccccc1Cl)C(=O)Cn1nnc2ccccc21. The van der Waals surface area contributed by atoms with Crippen molar-refractivity contribution in [3.05, 3.63) is 88.9 Å². The maximum absolute atomic E-state index is 14.0. The van der Waals surface area contributed by atoms with E-state index in [0.717, 1.165) is 0 Å². The molecule has 0 bridgehead atoms. The third kappa shape index (κ3) is 6.09. The van der Waals surface area contributed by atoms with Crippen LogP contribution in [-0.4, -0.2) is 42.4 Å². The summed E-state index contributed by atoms with van der Waals surface area (Å²) in [4.78, 5) is 29.3. The van der Waals surface area contributed by atoms with Crippen molar-refractivity contribution in [2.24, 2.45) is 0 Å². The van der Waals surface area contributed by atoms with Gasteiger partial charge in [0.1, 0.15) is 23.9 Å². The normalized spacial score (nSPS) is 12.3. The molecule has 3 aromatic carbocycles. The Kier molecular flexibility index (Phi) is 7.78. The molecule has 0 saturated carbocycles. The lowest BCUT2D eigenvalue weighted by molar-refractivity contribution is -0.143. The van der Waals surface area contributed by atoms with Crippen LogP contribution in [0.4, 0.5) is 0 Å². The number of halogens is 1. The second kappa shape index (κ2) is 11.0. The number of nitrogens with one attached hydrogen (secondary N) is 1. The number of nitrogens with zero attached hydrogens (tertiary/aromatic N) is 4. The van der Waals surface area contributed by atoms with E-state index in [1.807, 2.05) is 63.2 Å². The lowest BCUT2D eigenvalue weighted by Gasteiger charge is -2.35. The van der Waals surface area contributed by atoms with E-state index in [-0.39, 0.29) is 30.7 Å². The van der Waals surface area contributed by atoms with Crippen LogP contribution in [0.2, 0.25) is 5.02 Å². The monoisotopic (exact) mass is 519 g/mol. The summed E-state index contributed by atoms with van der Waals surface area (Å²) in [5.74, 6) is -0.602. The summed E-state index contributed by atoms with van der Waals surface area (Å²) in [7, 11) is 0. The van der Waals surface area contributed by atoms with Crippen LogP contribution in [0, 0.1) is 0 Å². The van der Waals surface area contributed by atoms with Crippen molar-refractivity contribution in [3.63, 3.8) is 0 Å². The van der Waals surface area contributed by atoms with E-state index in [0.29, 0.717) is 33.6 Å². The molecule has 1 atom stereocenters. The van der Waals surface area contributed by atoms with Crippen molar-refractivity contribution >= 4 is 34.4 Å². The summed E-state index contributed by atoms with van der Waals surface area (Å²) >= 11 is 6.47. The van der Waals surface area contributed by atoms with Crippen molar-refractivity contribution < 1.29 is 14.7 Å². The molecule has 0 radical (unpaired) electrons. The van der Waals surface area contributed by atoms with Crippen LogP contribution in [0.5, 0.6) is 5.75 Å². The molecule has 0 unspecified atom stereocenters. The first kappa shape index (κ1) is 26.2. The zero-order valence-electron chi connectivity index (χ0n) is 21.1. The van der Waals surface area contributed by atoms with Gasteiger partial charge in [0.25, 0.3) is 0 Å². The molecule has 1 heterocycles. The minimum atomic E-state index is -0.981. The van der Waals surface area contributed by atoms with Gasteiger partial charge in [0, 0.05) is 17.1 Å². The third-order valence-corrected chi connectivity index (χ3v) is 6.81. The van der Waals surface area contributed by atoms with Crippen LogP contribution >= 0.6 is 11.6 Å². The molecule has 37 heavy (non-hydrogen) atoms. The van der Waals surface area contributed by atoms with Gasteiger partial charge in [-0.3, -0.25) is 9.59 Å². The van der Waals surface area contributed by atoms with E-state index in [1.54, 1.807) is 18.2 Å². The molecule has 9 heteroatoms. The van der Waals surface area contributed by atoms with Crippen molar-refractivity contribution in [1.29, 1.82) is 0 Å². The fourth-order valence-corrected chi connectivity index (χ4v) is 4.20. The Morgan fingerprint density at radius 3 is 2.43 bits per heavy atom. The lowest BCUT2D eigenvalue weighted by atomic mass is 9.98. The van der Waals surface area contributed by atoms with Gasteiger partial charge in [-0.05, 0) is 61.7 Å². The summed E-state index contributed by atoms with van der Waals surface area (Å²) in [5.41, 5.74) is 2.16. The Morgan fingerprint density at radius 2 is 1.73 bits per heavy atom. The number of hydrogen-bond acceptors (Lipinski definition) is 5. The first-order valence-electron chi connectivity index (χ1n) is 12.1. The van der Waals surface area contributed by atoms with Gasteiger partial charge in [-0.2, -0.15) is 0 Å². The smallest absolute Gasteiger partial charge is 0.247 e. The molecule has 0 spiro atoms. The van der Waals surface area contributed by atoms with Gasteiger partial charge in [0.15, 0.2) is 0 Å². The average Bonchev–Trinajstić information content (AvgIpc) is 3.28. The minimum absolute atomic E-state index is 0.0647. The molecule has 2 N–H and O–H groups in total. The summed E-state index contributed by atoms with van der Waals surface area (Å²) in [6.45, 7) is 5.82. The van der Waals surface area contributed by atoms with E-state index >= 15 is 0 Å². The van der Waals surface area contributed by atoms with Crippen LogP contribution < -0.4 is 5.32 Å². The molecule has 192 valence electrons. The molecule has 0 aliphatic heterocycles. The van der Waals surface area contributed by atoms with E-state index in [1.165, 1.54) is 21.7 Å². The van der Waals surface area contributed by atoms with Crippen LogP contribution in [0.3, 0.4) is 0 Å². The molecular formula is C28H30ClN5O3. The van der Waals surface area contributed by atoms with Crippen LogP contribution in [-0.2, 0) is 22.7 Å². The summed E-state index contributed by atoms with van der Waals surface area (Å²) in [5, 5.41) is 21.8. The van der Waals surface area contributed by atoms with Gasteiger partial charge >= 0.3 is 0 Å². The van der Waals surface area contributed by atoms with Gasteiger partial charge in [-0.25, -0.2) is 4.68 Å². The second-order valence-electron chi connectivity index (χ2n) is 9.57. The highest BCUT2D eigenvalue weighted by Gasteiger charge is 2.34. The fourth-order valence-electron chi connectivity index (χ4n) is 4.01. The number of aromatic hydroxyl groups is 1. The summed E-state index contributed by atoms with van der Waals surface area (Å²) in [6, 6.07) is 19.9. The number of carbonyl (C=O) groups is 2. The number of carbonyl (C=O) groups excluding carboxylic acids is 2. The van der Waals surface area contributed by atoms with E-state index in [4.69, 9.17) is 11.6 Å². The first-order valence-corrected chi connectivity index (χ1v) is 12.5. The zero-order valence-corrected chi connectivity index (χ0v) is 21.8. The van der Waals surface area contributed by atoms with Crippen molar-refractivity contribution in [2.75, 3.05) is 0 Å². The van der Waals surface area contributed by atoms with Crippen molar-refractivity contribution in [2.45, 2.75) is 51.9 Å². The Morgan fingerprint density at radius 1 is 1.05 bits per heavy atom. The number of benzene rings is 3.